The molecule has 1 aliphatic heterocycles. The minimum atomic E-state index is 0.697. The fourth-order valence-corrected chi connectivity index (χ4v) is 2.80. The molecule has 0 unspecified atom stereocenters. The van der Waals surface area contributed by atoms with Gasteiger partial charge in [-0.25, -0.2) is 0 Å². The van der Waals surface area contributed by atoms with E-state index in [1.165, 1.54) is 38.0 Å². The lowest BCUT2D eigenvalue weighted by atomic mass is 9.63. The van der Waals surface area contributed by atoms with Crippen molar-refractivity contribution < 1.29 is 0 Å². The van der Waals surface area contributed by atoms with E-state index in [1.807, 2.05) is 12.1 Å². The van der Waals surface area contributed by atoms with Gasteiger partial charge in [-0.3, -0.25) is 0 Å². The molecule has 0 atom stereocenters. The van der Waals surface area contributed by atoms with E-state index in [0.29, 0.717) is 5.41 Å². The van der Waals surface area contributed by atoms with Crippen molar-refractivity contribution in [2.45, 2.75) is 19.3 Å². The molecule has 0 bridgehead atoms. The number of nitrogens with zero attached hydrogens (tertiary/aromatic N) is 1. The molecule has 3 rings (SSSR count). The lowest BCUT2D eigenvalue weighted by Crippen LogP contribution is -2.59. The highest BCUT2D eigenvalue weighted by Crippen LogP contribution is 2.49. The minimum Gasteiger partial charge on any atom is -0.370 e. The summed E-state index contributed by atoms with van der Waals surface area (Å²) >= 11 is 5.96. The van der Waals surface area contributed by atoms with Gasteiger partial charge < -0.3 is 4.90 Å². The Morgan fingerprint density at radius 1 is 1.21 bits per heavy atom. The average Bonchev–Trinajstić information content (AvgIpc) is 1.98. The molecular weight excluding hydrogens is 194 g/mol. The van der Waals surface area contributed by atoms with Gasteiger partial charge in [-0.05, 0) is 31.0 Å². The van der Waals surface area contributed by atoms with Crippen molar-refractivity contribution in [3.05, 3.63) is 29.3 Å². The van der Waals surface area contributed by atoms with Crippen LogP contribution in [0.3, 0.4) is 0 Å². The molecule has 0 aromatic heterocycles. The summed E-state index contributed by atoms with van der Waals surface area (Å²) < 4.78 is 0. The van der Waals surface area contributed by atoms with E-state index in [9.17, 15) is 0 Å². The van der Waals surface area contributed by atoms with Gasteiger partial charge >= 0.3 is 0 Å². The van der Waals surface area contributed by atoms with E-state index in [4.69, 9.17) is 11.6 Å². The number of halogens is 1. The summed E-state index contributed by atoms with van der Waals surface area (Å²) in [5.41, 5.74) is 1.98. The maximum absolute atomic E-state index is 5.96. The van der Waals surface area contributed by atoms with Gasteiger partial charge in [-0.15, -0.1) is 0 Å². The van der Waals surface area contributed by atoms with Gasteiger partial charge in [-0.2, -0.15) is 0 Å². The van der Waals surface area contributed by atoms with Crippen LogP contribution in [0, 0.1) is 5.41 Å². The van der Waals surface area contributed by atoms with Crippen LogP contribution in [0.5, 0.6) is 0 Å². The Kier molecular flexibility index (Phi) is 1.78. The Hall–Kier alpha value is -0.690. The van der Waals surface area contributed by atoms with Crippen molar-refractivity contribution in [3.8, 4) is 0 Å². The van der Waals surface area contributed by atoms with Gasteiger partial charge in [0.05, 0.1) is 0 Å². The van der Waals surface area contributed by atoms with Crippen molar-refractivity contribution in [3.63, 3.8) is 0 Å². The van der Waals surface area contributed by atoms with Crippen molar-refractivity contribution in [2.24, 2.45) is 5.41 Å². The van der Waals surface area contributed by atoms with Crippen molar-refractivity contribution in [1.82, 2.24) is 0 Å². The highest BCUT2D eigenvalue weighted by molar-refractivity contribution is 6.30. The van der Waals surface area contributed by atoms with Crippen LogP contribution in [0.25, 0.3) is 0 Å². The lowest BCUT2D eigenvalue weighted by molar-refractivity contribution is 0.0904. The molecule has 2 fully saturated rings. The van der Waals surface area contributed by atoms with E-state index in [1.54, 1.807) is 0 Å². The maximum atomic E-state index is 5.96. The average molecular weight is 208 g/mol. The van der Waals surface area contributed by atoms with E-state index in [2.05, 4.69) is 17.0 Å². The largest absolute Gasteiger partial charge is 0.370 e. The number of hydrogen-bond acceptors (Lipinski definition) is 1. The van der Waals surface area contributed by atoms with Crippen LogP contribution in [0.15, 0.2) is 24.3 Å². The van der Waals surface area contributed by atoms with Crippen molar-refractivity contribution >= 4 is 17.3 Å². The lowest BCUT2D eigenvalue weighted by Gasteiger charge is -2.57. The van der Waals surface area contributed by atoms with Crippen LogP contribution < -0.4 is 4.90 Å². The maximum Gasteiger partial charge on any atom is 0.0426 e. The SMILES string of the molecule is Clc1cccc(N2CC3(CCC3)C2)c1. The third-order valence-corrected chi connectivity index (χ3v) is 3.88. The van der Waals surface area contributed by atoms with Gasteiger partial charge in [0.25, 0.3) is 0 Å². The molecular formula is C12H14ClN. The van der Waals surface area contributed by atoms with Gasteiger partial charge in [0, 0.05) is 29.2 Å². The predicted octanol–water partition coefficient (Wildman–Crippen LogP) is 3.33. The van der Waals surface area contributed by atoms with Gasteiger partial charge in [0.1, 0.15) is 0 Å². The molecule has 2 aliphatic rings. The number of hydrogen-bond donors (Lipinski definition) is 0. The number of benzene rings is 1. The van der Waals surface area contributed by atoms with E-state index in [0.717, 1.165) is 5.02 Å². The monoisotopic (exact) mass is 207 g/mol. The molecule has 1 heterocycles. The van der Waals surface area contributed by atoms with Crippen LogP contribution in [0.4, 0.5) is 5.69 Å². The third-order valence-electron chi connectivity index (χ3n) is 3.64. The molecule has 1 aromatic carbocycles. The Morgan fingerprint density at radius 3 is 2.57 bits per heavy atom. The molecule has 0 amide bonds. The number of rotatable bonds is 1. The summed E-state index contributed by atoms with van der Waals surface area (Å²) in [6, 6.07) is 8.18. The van der Waals surface area contributed by atoms with E-state index < -0.39 is 0 Å². The molecule has 1 spiro atoms. The summed E-state index contributed by atoms with van der Waals surface area (Å²) in [4.78, 5) is 2.44. The third kappa shape index (κ3) is 1.23. The quantitative estimate of drug-likeness (QED) is 0.683. The molecule has 74 valence electrons. The zero-order chi connectivity index (χ0) is 9.60. The van der Waals surface area contributed by atoms with Gasteiger partial charge in [0.15, 0.2) is 0 Å². The van der Waals surface area contributed by atoms with Gasteiger partial charge in [0.2, 0.25) is 0 Å². The summed E-state index contributed by atoms with van der Waals surface area (Å²) in [7, 11) is 0. The fraction of sp³-hybridized carbons (Fsp3) is 0.500. The summed E-state index contributed by atoms with van der Waals surface area (Å²) in [6.45, 7) is 2.49. The van der Waals surface area contributed by atoms with Crippen LogP contribution in [-0.2, 0) is 0 Å². The van der Waals surface area contributed by atoms with Crippen molar-refractivity contribution in [1.29, 1.82) is 0 Å². The molecule has 1 nitrogen and oxygen atoms in total. The predicted molar refractivity (Wildman–Crippen MR) is 59.9 cm³/mol. The van der Waals surface area contributed by atoms with E-state index >= 15 is 0 Å². The first-order valence-corrected chi connectivity index (χ1v) is 5.66. The molecule has 1 aliphatic carbocycles. The number of anilines is 1. The minimum absolute atomic E-state index is 0.697. The fourth-order valence-electron chi connectivity index (χ4n) is 2.61. The zero-order valence-electron chi connectivity index (χ0n) is 8.17. The first kappa shape index (κ1) is 8.60. The Morgan fingerprint density at radius 2 is 2.00 bits per heavy atom. The summed E-state index contributed by atoms with van der Waals surface area (Å²) in [6.07, 6.45) is 4.30. The second-order valence-electron chi connectivity index (χ2n) is 4.69. The standard InChI is InChI=1S/C12H14ClN/c13-10-3-1-4-11(7-10)14-8-12(9-14)5-2-6-12/h1,3-4,7H,2,5-6,8-9H2. The first-order chi connectivity index (χ1) is 6.77. The summed E-state index contributed by atoms with van der Waals surface area (Å²) in [5.74, 6) is 0. The van der Waals surface area contributed by atoms with Crippen LogP contribution in [-0.4, -0.2) is 13.1 Å². The molecule has 2 heteroatoms. The Labute approximate surface area is 89.7 Å². The van der Waals surface area contributed by atoms with Gasteiger partial charge in [-0.1, -0.05) is 24.1 Å². The molecule has 14 heavy (non-hydrogen) atoms. The smallest absolute Gasteiger partial charge is 0.0426 e. The van der Waals surface area contributed by atoms with E-state index in [-0.39, 0.29) is 0 Å². The van der Waals surface area contributed by atoms with Crippen molar-refractivity contribution in [2.75, 3.05) is 18.0 Å². The topological polar surface area (TPSA) is 3.24 Å². The molecule has 1 saturated carbocycles. The second kappa shape index (κ2) is 2.90. The highest BCUT2D eigenvalue weighted by Gasteiger charge is 2.47. The molecule has 0 N–H and O–H groups in total. The Bertz CT molecular complexity index is 349. The zero-order valence-corrected chi connectivity index (χ0v) is 8.93. The normalized spacial score (nSPS) is 23.1. The van der Waals surface area contributed by atoms with Crippen LogP contribution >= 0.6 is 11.6 Å². The Balaban J connectivity index is 1.73. The molecule has 1 saturated heterocycles. The molecule has 1 aromatic rings. The van der Waals surface area contributed by atoms with Crippen LogP contribution in [0.1, 0.15) is 19.3 Å². The summed E-state index contributed by atoms with van der Waals surface area (Å²) in [5, 5.41) is 0.844. The van der Waals surface area contributed by atoms with Crippen LogP contribution in [0.2, 0.25) is 5.02 Å². The first-order valence-electron chi connectivity index (χ1n) is 5.28. The molecule has 0 radical (unpaired) electrons. The second-order valence-corrected chi connectivity index (χ2v) is 5.13. The highest BCUT2D eigenvalue weighted by atomic mass is 35.5.